The van der Waals surface area contributed by atoms with Crippen LogP contribution in [0.5, 0.6) is 0 Å². The Morgan fingerprint density at radius 2 is 1.94 bits per heavy atom. The van der Waals surface area contributed by atoms with E-state index in [9.17, 15) is 0 Å². The molecule has 0 atom stereocenters. The van der Waals surface area contributed by atoms with Crippen LogP contribution in [0.3, 0.4) is 0 Å². The van der Waals surface area contributed by atoms with Gasteiger partial charge in [-0.1, -0.05) is 40.2 Å². The van der Waals surface area contributed by atoms with Gasteiger partial charge in [-0.2, -0.15) is 0 Å². The highest BCUT2D eigenvalue weighted by atomic mass is 79.9. The van der Waals surface area contributed by atoms with Gasteiger partial charge in [0.25, 0.3) is 0 Å². The SMILES string of the molecule is Cc1cccc(NCc2ccccc2Br)n1. The molecule has 3 heteroatoms. The molecule has 16 heavy (non-hydrogen) atoms. The minimum atomic E-state index is 0.776. The van der Waals surface area contributed by atoms with Crippen LogP contribution in [0.4, 0.5) is 5.82 Å². The van der Waals surface area contributed by atoms with Gasteiger partial charge in [-0.25, -0.2) is 4.98 Å². The third-order valence-corrected chi connectivity index (χ3v) is 3.08. The van der Waals surface area contributed by atoms with Crippen molar-refractivity contribution in [1.82, 2.24) is 4.98 Å². The molecule has 1 heterocycles. The molecule has 0 aliphatic carbocycles. The van der Waals surface area contributed by atoms with Gasteiger partial charge < -0.3 is 5.32 Å². The van der Waals surface area contributed by atoms with Gasteiger partial charge in [0.1, 0.15) is 5.82 Å². The fourth-order valence-corrected chi connectivity index (χ4v) is 1.89. The number of benzene rings is 1. The van der Waals surface area contributed by atoms with Crippen LogP contribution in [0.1, 0.15) is 11.3 Å². The summed E-state index contributed by atoms with van der Waals surface area (Å²) in [6.07, 6.45) is 0. The predicted molar refractivity (Wildman–Crippen MR) is 70.4 cm³/mol. The molecule has 0 saturated carbocycles. The molecule has 1 aromatic carbocycles. The van der Waals surface area contributed by atoms with E-state index in [-0.39, 0.29) is 0 Å². The highest BCUT2D eigenvalue weighted by Gasteiger charge is 1.98. The number of nitrogens with zero attached hydrogens (tertiary/aromatic N) is 1. The van der Waals surface area contributed by atoms with Crippen molar-refractivity contribution < 1.29 is 0 Å². The first-order valence-electron chi connectivity index (χ1n) is 5.16. The quantitative estimate of drug-likeness (QED) is 0.923. The van der Waals surface area contributed by atoms with E-state index in [1.54, 1.807) is 0 Å². The number of aryl methyl sites for hydroxylation is 1. The normalized spacial score (nSPS) is 10.1. The number of halogens is 1. The van der Waals surface area contributed by atoms with Crippen LogP contribution in [-0.4, -0.2) is 4.98 Å². The maximum Gasteiger partial charge on any atom is 0.126 e. The predicted octanol–water partition coefficient (Wildman–Crippen LogP) is 3.76. The van der Waals surface area contributed by atoms with E-state index in [0.29, 0.717) is 0 Å². The van der Waals surface area contributed by atoms with Crippen molar-refractivity contribution in [1.29, 1.82) is 0 Å². The topological polar surface area (TPSA) is 24.9 Å². The largest absolute Gasteiger partial charge is 0.366 e. The molecule has 1 aromatic heterocycles. The van der Waals surface area contributed by atoms with E-state index in [4.69, 9.17) is 0 Å². The second-order valence-corrected chi connectivity index (χ2v) is 4.46. The Kier molecular flexibility index (Phi) is 3.57. The summed E-state index contributed by atoms with van der Waals surface area (Å²) in [5.41, 5.74) is 2.25. The second kappa shape index (κ2) is 5.12. The molecule has 0 fully saturated rings. The van der Waals surface area contributed by atoms with Gasteiger partial charge in [-0.05, 0) is 30.7 Å². The van der Waals surface area contributed by atoms with Crippen LogP contribution in [0.15, 0.2) is 46.9 Å². The summed E-state index contributed by atoms with van der Waals surface area (Å²) in [5, 5.41) is 3.30. The highest BCUT2D eigenvalue weighted by molar-refractivity contribution is 9.10. The molecular weight excluding hydrogens is 264 g/mol. The fraction of sp³-hybridized carbons (Fsp3) is 0.154. The van der Waals surface area contributed by atoms with Gasteiger partial charge in [-0.15, -0.1) is 0 Å². The van der Waals surface area contributed by atoms with Gasteiger partial charge in [0, 0.05) is 16.7 Å². The lowest BCUT2D eigenvalue weighted by Crippen LogP contribution is -2.02. The number of hydrogen-bond donors (Lipinski definition) is 1. The maximum absolute atomic E-state index is 4.39. The Bertz CT molecular complexity index is 483. The molecule has 0 bridgehead atoms. The van der Waals surface area contributed by atoms with Crippen molar-refractivity contribution in [2.75, 3.05) is 5.32 Å². The third kappa shape index (κ3) is 2.83. The standard InChI is InChI=1S/C13H13BrN2/c1-10-5-4-8-13(16-10)15-9-11-6-2-3-7-12(11)14/h2-8H,9H2,1H3,(H,15,16). The zero-order valence-corrected chi connectivity index (χ0v) is 10.7. The van der Waals surface area contributed by atoms with Crippen LogP contribution < -0.4 is 5.32 Å². The van der Waals surface area contributed by atoms with Gasteiger partial charge >= 0.3 is 0 Å². The van der Waals surface area contributed by atoms with Crippen molar-refractivity contribution in [2.24, 2.45) is 0 Å². The van der Waals surface area contributed by atoms with Gasteiger partial charge in [0.05, 0.1) is 0 Å². The lowest BCUT2D eigenvalue weighted by Gasteiger charge is -2.07. The summed E-state index contributed by atoms with van der Waals surface area (Å²) >= 11 is 3.52. The highest BCUT2D eigenvalue weighted by Crippen LogP contribution is 2.17. The molecule has 0 unspecified atom stereocenters. The van der Waals surface area contributed by atoms with E-state index >= 15 is 0 Å². The number of rotatable bonds is 3. The Morgan fingerprint density at radius 3 is 2.69 bits per heavy atom. The molecule has 2 rings (SSSR count). The molecular formula is C13H13BrN2. The fourth-order valence-electron chi connectivity index (χ4n) is 1.47. The summed E-state index contributed by atoms with van der Waals surface area (Å²) in [5.74, 6) is 0.913. The van der Waals surface area contributed by atoms with Crippen LogP contribution in [-0.2, 0) is 6.54 Å². The zero-order valence-electron chi connectivity index (χ0n) is 9.07. The molecule has 82 valence electrons. The third-order valence-electron chi connectivity index (χ3n) is 2.31. The first-order chi connectivity index (χ1) is 7.75. The number of pyridine rings is 1. The van der Waals surface area contributed by atoms with Crippen molar-refractivity contribution in [2.45, 2.75) is 13.5 Å². The summed E-state index contributed by atoms with van der Waals surface area (Å²) in [4.78, 5) is 4.39. The van der Waals surface area contributed by atoms with E-state index in [2.05, 4.69) is 32.3 Å². The number of anilines is 1. The molecule has 0 radical (unpaired) electrons. The molecule has 0 saturated heterocycles. The van der Waals surface area contributed by atoms with Crippen LogP contribution in [0.2, 0.25) is 0 Å². The lowest BCUT2D eigenvalue weighted by atomic mass is 10.2. The van der Waals surface area contributed by atoms with Gasteiger partial charge in [-0.3, -0.25) is 0 Å². The molecule has 0 spiro atoms. The number of hydrogen-bond acceptors (Lipinski definition) is 2. The minimum Gasteiger partial charge on any atom is -0.366 e. The molecule has 2 nitrogen and oxygen atoms in total. The molecule has 0 amide bonds. The first kappa shape index (κ1) is 11.1. The van der Waals surface area contributed by atoms with Crippen molar-refractivity contribution in [3.8, 4) is 0 Å². The van der Waals surface area contributed by atoms with Crippen molar-refractivity contribution >= 4 is 21.7 Å². The summed E-state index contributed by atoms with van der Waals surface area (Å²) in [7, 11) is 0. The number of aromatic nitrogens is 1. The van der Waals surface area contributed by atoms with E-state index in [1.807, 2.05) is 43.3 Å². The van der Waals surface area contributed by atoms with Crippen LogP contribution >= 0.6 is 15.9 Å². The van der Waals surface area contributed by atoms with Crippen molar-refractivity contribution in [3.05, 3.63) is 58.2 Å². The Labute approximate surface area is 104 Å². The smallest absolute Gasteiger partial charge is 0.126 e. The summed E-state index contributed by atoms with van der Waals surface area (Å²) in [6.45, 7) is 2.77. The summed E-state index contributed by atoms with van der Waals surface area (Å²) < 4.78 is 1.12. The average molecular weight is 277 g/mol. The van der Waals surface area contributed by atoms with Crippen molar-refractivity contribution in [3.63, 3.8) is 0 Å². The Morgan fingerprint density at radius 1 is 1.12 bits per heavy atom. The zero-order chi connectivity index (χ0) is 11.4. The van der Waals surface area contributed by atoms with Crippen LogP contribution in [0.25, 0.3) is 0 Å². The molecule has 1 N–H and O–H groups in total. The average Bonchev–Trinajstić information content (AvgIpc) is 2.28. The Hall–Kier alpha value is -1.35. The van der Waals surface area contributed by atoms with E-state index in [0.717, 1.165) is 22.5 Å². The lowest BCUT2D eigenvalue weighted by molar-refractivity contribution is 1.08. The van der Waals surface area contributed by atoms with E-state index in [1.165, 1.54) is 5.56 Å². The Balaban J connectivity index is 2.05. The van der Waals surface area contributed by atoms with Gasteiger partial charge in [0.2, 0.25) is 0 Å². The van der Waals surface area contributed by atoms with Gasteiger partial charge in [0.15, 0.2) is 0 Å². The molecule has 0 aliphatic rings. The molecule has 0 aliphatic heterocycles. The maximum atomic E-state index is 4.39. The second-order valence-electron chi connectivity index (χ2n) is 3.61. The monoisotopic (exact) mass is 276 g/mol. The first-order valence-corrected chi connectivity index (χ1v) is 5.96. The summed E-state index contributed by atoms with van der Waals surface area (Å²) in [6, 6.07) is 14.1. The van der Waals surface area contributed by atoms with E-state index < -0.39 is 0 Å². The minimum absolute atomic E-state index is 0.776. The van der Waals surface area contributed by atoms with Crippen LogP contribution in [0, 0.1) is 6.92 Å². The molecule has 2 aromatic rings. The number of nitrogens with one attached hydrogen (secondary N) is 1.